The van der Waals surface area contributed by atoms with Gasteiger partial charge in [-0.1, -0.05) is 44.2 Å². The van der Waals surface area contributed by atoms with Crippen molar-refractivity contribution in [3.05, 3.63) is 59.7 Å². The molecule has 0 heterocycles. The fourth-order valence-electron chi connectivity index (χ4n) is 3.44. The first-order valence-electron chi connectivity index (χ1n) is 11.8. The zero-order chi connectivity index (χ0) is 27.5. The maximum Gasteiger partial charge on any atom is 0.335 e. The Morgan fingerprint density at radius 2 is 1.57 bits per heavy atom. The summed E-state index contributed by atoms with van der Waals surface area (Å²) in [7, 11) is 0. The molecular formula is C26H34N4O7. The second-order valence-corrected chi connectivity index (χ2v) is 9.11. The summed E-state index contributed by atoms with van der Waals surface area (Å²) in [5, 5.41) is 38.3. The molecule has 4 amide bonds. The number of nitrogens with one attached hydrogen (secondary N) is 4. The first-order chi connectivity index (χ1) is 17.5. The average molecular weight is 515 g/mol. The Labute approximate surface area is 215 Å². The molecule has 0 radical (unpaired) electrons. The standard InChI is InChI=1S/C26H34N4O7/c1-15(2)12-20(24(34)27-14-21(31)23(33)25(35)36)29-22(32)13-17-8-10-18(11-9-17)28-26(37)30-19-7-5-4-6-16(19)3/h4-11,15,20-21,23,31,33H,12-14H2,1-3H3,(H,27,34)(H,29,32)(H,35,36)(H2,28,30,37). The van der Waals surface area contributed by atoms with Gasteiger partial charge < -0.3 is 36.6 Å². The van der Waals surface area contributed by atoms with Crippen LogP contribution in [0.3, 0.4) is 0 Å². The van der Waals surface area contributed by atoms with Crippen LogP contribution in [0.15, 0.2) is 48.5 Å². The van der Waals surface area contributed by atoms with E-state index in [1.807, 2.05) is 39.0 Å². The number of carboxylic acids is 1. The number of para-hydroxylation sites is 1. The van der Waals surface area contributed by atoms with E-state index < -0.39 is 48.6 Å². The van der Waals surface area contributed by atoms with Gasteiger partial charge in [-0.15, -0.1) is 0 Å². The number of rotatable bonds is 12. The highest BCUT2D eigenvalue weighted by atomic mass is 16.4. The maximum atomic E-state index is 12.6. The van der Waals surface area contributed by atoms with Gasteiger partial charge in [-0.3, -0.25) is 9.59 Å². The molecule has 7 N–H and O–H groups in total. The van der Waals surface area contributed by atoms with Crippen LogP contribution in [0.25, 0.3) is 0 Å². The first-order valence-corrected chi connectivity index (χ1v) is 11.8. The van der Waals surface area contributed by atoms with Crippen molar-refractivity contribution in [2.45, 2.75) is 51.9 Å². The molecule has 11 heteroatoms. The molecule has 0 fully saturated rings. The minimum Gasteiger partial charge on any atom is -0.479 e. The molecule has 0 aliphatic heterocycles. The zero-order valence-electron chi connectivity index (χ0n) is 21.0. The fraction of sp³-hybridized carbons (Fsp3) is 0.385. The molecule has 3 atom stereocenters. The van der Waals surface area contributed by atoms with E-state index in [2.05, 4.69) is 21.3 Å². The van der Waals surface area contributed by atoms with Gasteiger partial charge in [-0.25, -0.2) is 9.59 Å². The molecule has 37 heavy (non-hydrogen) atoms. The predicted molar refractivity (Wildman–Crippen MR) is 138 cm³/mol. The van der Waals surface area contributed by atoms with Crippen LogP contribution < -0.4 is 21.3 Å². The van der Waals surface area contributed by atoms with E-state index in [9.17, 15) is 29.4 Å². The number of amides is 4. The largest absolute Gasteiger partial charge is 0.479 e. The Bertz CT molecular complexity index is 1090. The Hall–Kier alpha value is -3.96. The summed E-state index contributed by atoms with van der Waals surface area (Å²) in [6.07, 6.45) is -3.43. The number of urea groups is 1. The maximum absolute atomic E-state index is 12.6. The lowest BCUT2D eigenvalue weighted by Gasteiger charge is -2.22. The number of aryl methyl sites for hydroxylation is 1. The number of aliphatic carboxylic acids is 1. The van der Waals surface area contributed by atoms with Crippen molar-refractivity contribution in [1.29, 1.82) is 0 Å². The lowest BCUT2D eigenvalue weighted by Crippen LogP contribution is -2.51. The van der Waals surface area contributed by atoms with Crippen molar-refractivity contribution in [2.75, 3.05) is 17.2 Å². The monoisotopic (exact) mass is 514 g/mol. The van der Waals surface area contributed by atoms with Gasteiger partial charge in [0.05, 0.1) is 6.42 Å². The molecule has 0 bridgehead atoms. The number of carbonyl (C=O) groups excluding carboxylic acids is 3. The summed E-state index contributed by atoms with van der Waals surface area (Å²) >= 11 is 0. The van der Waals surface area contributed by atoms with Crippen LogP contribution in [0, 0.1) is 12.8 Å². The lowest BCUT2D eigenvalue weighted by atomic mass is 10.0. The van der Waals surface area contributed by atoms with E-state index in [4.69, 9.17) is 5.11 Å². The normalized spacial score (nSPS) is 13.2. The Kier molecular flexibility index (Phi) is 11.0. The second-order valence-electron chi connectivity index (χ2n) is 9.11. The van der Waals surface area contributed by atoms with Gasteiger partial charge in [0.2, 0.25) is 11.8 Å². The number of aliphatic hydroxyl groups is 2. The third kappa shape index (κ3) is 9.90. The third-order valence-electron chi connectivity index (χ3n) is 5.43. The van der Waals surface area contributed by atoms with Gasteiger partial charge in [-0.2, -0.15) is 0 Å². The Morgan fingerprint density at radius 1 is 0.919 bits per heavy atom. The second kappa shape index (κ2) is 14.0. The van der Waals surface area contributed by atoms with Crippen LogP contribution in [0.5, 0.6) is 0 Å². The van der Waals surface area contributed by atoms with Crippen LogP contribution >= 0.6 is 0 Å². The molecule has 3 unspecified atom stereocenters. The molecule has 0 aromatic heterocycles. The molecule has 0 aliphatic carbocycles. The van der Waals surface area contributed by atoms with Gasteiger partial charge >= 0.3 is 12.0 Å². The van der Waals surface area contributed by atoms with Gasteiger partial charge in [0, 0.05) is 17.9 Å². The third-order valence-corrected chi connectivity index (χ3v) is 5.43. The van der Waals surface area contributed by atoms with Crippen LogP contribution in [-0.2, 0) is 20.8 Å². The van der Waals surface area contributed by atoms with Gasteiger partial charge in [0.25, 0.3) is 0 Å². The molecule has 0 saturated heterocycles. The highest BCUT2D eigenvalue weighted by Crippen LogP contribution is 2.15. The summed E-state index contributed by atoms with van der Waals surface area (Å²) in [6, 6.07) is 12.8. The van der Waals surface area contributed by atoms with Crippen LogP contribution in [0.1, 0.15) is 31.4 Å². The van der Waals surface area contributed by atoms with E-state index in [0.717, 1.165) is 5.56 Å². The molecule has 2 aromatic rings. The van der Waals surface area contributed by atoms with Gasteiger partial charge in [0.1, 0.15) is 12.1 Å². The molecule has 2 rings (SSSR count). The van der Waals surface area contributed by atoms with E-state index in [-0.39, 0.29) is 12.3 Å². The molecule has 0 saturated carbocycles. The molecular weight excluding hydrogens is 480 g/mol. The van der Waals surface area contributed by atoms with Crippen LogP contribution in [-0.4, -0.2) is 63.9 Å². The van der Waals surface area contributed by atoms with Crippen LogP contribution in [0.4, 0.5) is 16.2 Å². The predicted octanol–water partition coefficient (Wildman–Crippen LogP) is 1.64. The summed E-state index contributed by atoms with van der Waals surface area (Å²) in [6.45, 7) is 5.15. The van der Waals surface area contributed by atoms with E-state index in [0.29, 0.717) is 23.4 Å². The Balaban J connectivity index is 1.90. The van der Waals surface area contributed by atoms with Gasteiger partial charge in [0.15, 0.2) is 6.10 Å². The van der Waals surface area contributed by atoms with Crippen molar-refractivity contribution in [1.82, 2.24) is 10.6 Å². The molecule has 2 aromatic carbocycles. The van der Waals surface area contributed by atoms with Gasteiger partial charge in [-0.05, 0) is 48.6 Å². The average Bonchev–Trinajstić information content (AvgIpc) is 2.83. The number of aliphatic hydroxyl groups excluding tert-OH is 2. The first kappa shape index (κ1) is 29.3. The zero-order valence-corrected chi connectivity index (χ0v) is 21.0. The number of benzene rings is 2. The lowest BCUT2D eigenvalue weighted by molar-refractivity contribution is -0.153. The summed E-state index contributed by atoms with van der Waals surface area (Å²) < 4.78 is 0. The van der Waals surface area contributed by atoms with Crippen molar-refractivity contribution < 1.29 is 34.5 Å². The number of carbonyl (C=O) groups is 4. The number of hydrogen-bond donors (Lipinski definition) is 7. The quantitative estimate of drug-likeness (QED) is 0.225. The van der Waals surface area contributed by atoms with E-state index >= 15 is 0 Å². The van der Waals surface area contributed by atoms with Crippen molar-refractivity contribution in [3.8, 4) is 0 Å². The van der Waals surface area contributed by atoms with Crippen molar-refractivity contribution in [2.24, 2.45) is 5.92 Å². The molecule has 0 aliphatic rings. The summed E-state index contributed by atoms with van der Waals surface area (Å²) in [5.74, 6) is -2.56. The van der Waals surface area contributed by atoms with E-state index in [1.54, 1.807) is 30.3 Å². The fourth-order valence-corrected chi connectivity index (χ4v) is 3.44. The number of anilines is 2. The smallest absolute Gasteiger partial charge is 0.335 e. The van der Waals surface area contributed by atoms with Crippen molar-refractivity contribution in [3.63, 3.8) is 0 Å². The number of carboxylic acid groups (broad SMARTS) is 1. The van der Waals surface area contributed by atoms with E-state index in [1.165, 1.54) is 0 Å². The topological polar surface area (TPSA) is 177 Å². The minimum atomic E-state index is -2.04. The summed E-state index contributed by atoms with van der Waals surface area (Å²) in [4.78, 5) is 48.1. The number of hydrogen-bond acceptors (Lipinski definition) is 6. The van der Waals surface area contributed by atoms with Crippen molar-refractivity contribution >= 4 is 35.2 Å². The molecule has 200 valence electrons. The SMILES string of the molecule is Cc1ccccc1NC(=O)Nc1ccc(CC(=O)NC(CC(C)C)C(=O)NCC(O)C(O)C(=O)O)cc1. The molecule has 11 nitrogen and oxygen atoms in total. The Morgan fingerprint density at radius 3 is 2.16 bits per heavy atom. The molecule has 0 spiro atoms. The minimum absolute atomic E-state index is 0.0160. The summed E-state index contributed by atoms with van der Waals surface area (Å²) in [5.41, 5.74) is 2.82. The highest BCUT2D eigenvalue weighted by Gasteiger charge is 2.26. The van der Waals surface area contributed by atoms with Crippen LogP contribution in [0.2, 0.25) is 0 Å². The highest BCUT2D eigenvalue weighted by molar-refractivity contribution is 6.00.